The van der Waals surface area contributed by atoms with E-state index in [1.165, 1.54) is 0 Å². The molecule has 0 saturated heterocycles. The number of rotatable bonds is 0. The van der Waals surface area contributed by atoms with Gasteiger partial charge in [-0.1, -0.05) is 20.8 Å². The number of hydrogen-bond acceptors (Lipinski definition) is 2. The van der Waals surface area contributed by atoms with Crippen LogP contribution >= 0.6 is 0 Å². The van der Waals surface area contributed by atoms with E-state index in [1.54, 1.807) is 0 Å². The van der Waals surface area contributed by atoms with Crippen molar-refractivity contribution < 1.29 is 9.59 Å². The molecule has 12 heavy (non-hydrogen) atoms. The third-order valence-electron chi connectivity index (χ3n) is 3.87. The highest BCUT2D eigenvalue weighted by Crippen LogP contribution is 2.59. The van der Waals surface area contributed by atoms with Crippen LogP contribution in [0.2, 0.25) is 0 Å². The average Bonchev–Trinajstić information content (AvgIpc) is 2.29. The summed E-state index contributed by atoms with van der Waals surface area (Å²) in [4.78, 5) is 23.0. The minimum Gasteiger partial charge on any atom is -0.290 e. The van der Waals surface area contributed by atoms with Crippen LogP contribution in [0.4, 0.5) is 0 Å². The van der Waals surface area contributed by atoms with Crippen molar-refractivity contribution in [2.45, 2.75) is 33.6 Å². The SMILES string of the molecule is CC1CC2(C)CC1(C)C(=O)C2=O. The number of hydrogen-bond donors (Lipinski definition) is 0. The maximum atomic E-state index is 11.6. The molecule has 2 saturated carbocycles. The number of Topliss-reactive ketones (excluding diaryl/α,β-unsaturated/α-hetero) is 2. The van der Waals surface area contributed by atoms with Gasteiger partial charge in [0.1, 0.15) is 0 Å². The van der Waals surface area contributed by atoms with Crippen molar-refractivity contribution in [3.8, 4) is 0 Å². The molecule has 2 nitrogen and oxygen atoms in total. The maximum Gasteiger partial charge on any atom is 0.205 e. The molecule has 2 fully saturated rings. The van der Waals surface area contributed by atoms with Crippen molar-refractivity contribution in [3.05, 3.63) is 0 Å². The summed E-state index contributed by atoms with van der Waals surface area (Å²) in [6.07, 6.45) is 1.67. The molecule has 0 aliphatic heterocycles. The molecule has 0 N–H and O–H groups in total. The minimum atomic E-state index is -0.328. The molecule has 2 aliphatic rings. The summed E-state index contributed by atoms with van der Waals surface area (Å²) < 4.78 is 0. The third kappa shape index (κ3) is 0.621. The fourth-order valence-corrected chi connectivity index (χ4v) is 2.97. The van der Waals surface area contributed by atoms with E-state index in [0.717, 1.165) is 12.8 Å². The Morgan fingerprint density at radius 2 is 1.83 bits per heavy atom. The Morgan fingerprint density at radius 3 is 2.17 bits per heavy atom. The Hall–Kier alpha value is -0.660. The van der Waals surface area contributed by atoms with Crippen molar-refractivity contribution >= 4 is 11.6 Å². The highest BCUT2D eigenvalue weighted by atomic mass is 16.2. The summed E-state index contributed by atoms with van der Waals surface area (Å²) in [5, 5.41) is 0. The van der Waals surface area contributed by atoms with Crippen molar-refractivity contribution in [2.24, 2.45) is 16.7 Å². The molecule has 2 heteroatoms. The Bertz CT molecular complexity index is 282. The lowest BCUT2D eigenvalue weighted by molar-refractivity contribution is -0.144. The Kier molecular flexibility index (Phi) is 1.20. The third-order valence-corrected chi connectivity index (χ3v) is 3.87. The molecule has 0 aromatic rings. The second kappa shape index (κ2) is 1.81. The normalized spacial score (nSPS) is 52.1. The summed E-state index contributed by atoms with van der Waals surface area (Å²) in [6.45, 7) is 5.95. The topological polar surface area (TPSA) is 34.1 Å². The predicted molar refractivity (Wildman–Crippen MR) is 44.6 cm³/mol. The van der Waals surface area contributed by atoms with Crippen molar-refractivity contribution in [2.75, 3.05) is 0 Å². The molecule has 0 amide bonds. The lowest BCUT2D eigenvalue weighted by Gasteiger charge is -2.26. The summed E-state index contributed by atoms with van der Waals surface area (Å²) in [7, 11) is 0. The van der Waals surface area contributed by atoms with Crippen molar-refractivity contribution in [1.82, 2.24) is 0 Å². The maximum absolute atomic E-state index is 11.6. The fourth-order valence-electron chi connectivity index (χ4n) is 2.97. The van der Waals surface area contributed by atoms with Gasteiger partial charge in [-0.25, -0.2) is 0 Å². The molecule has 0 aromatic carbocycles. The van der Waals surface area contributed by atoms with Gasteiger partial charge in [-0.05, 0) is 18.8 Å². The molecule has 2 rings (SSSR count). The van der Waals surface area contributed by atoms with Crippen LogP contribution in [0.25, 0.3) is 0 Å². The van der Waals surface area contributed by atoms with E-state index in [-0.39, 0.29) is 22.4 Å². The smallest absolute Gasteiger partial charge is 0.205 e. The Morgan fingerprint density at radius 1 is 1.25 bits per heavy atom. The van der Waals surface area contributed by atoms with Crippen LogP contribution < -0.4 is 0 Å². The first-order valence-electron chi connectivity index (χ1n) is 4.49. The summed E-state index contributed by atoms with van der Waals surface area (Å²) in [5.41, 5.74) is -0.642. The second-order valence-corrected chi connectivity index (χ2v) is 4.92. The standard InChI is InChI=1S/C10H14O2/c1-6-4-9(2)5-10(6,3)8(12)7(9)11/h6H,4-5H2,1-3H3. The first-order chi connectivity index (χ1) is 5.40. The lowest BCUT2D eigenvalue weighted by atomic mass is 9.74. The van der Waals surface area contributed by atoms with E-state index in [2.05, 4.69) is 6.92 Å². The first kappa shape index (κ1) is 7.96. The van der Waals surface area contributed by atoms with Gasteiger partial charge in [-0.15, -0.1) is 0 Å². The van der Waals surface area contributed by atoms with Gasteiger partial charge in [0.05, 0.1) is 0 Å². The highest BCUT2D eigenvalue weighted by Gasteiger charge is 2.64. The molecule has 3 atom stereocenters. The second-order valence-electron chi connectivity index (χ2n) is 4.92. The average molecular weight is 166 g/mol. The van der Waals surface area contributed by atoms with Crippen molar-refractivity contribution in [3.63, 3.8) is 0 Å². The van der Waals surface area contributed by atoms with E-state index >= 15 is 0 Å². The summed E-state index contributed by atoms with van der Waals surface area (Å²) >= 11 is 0. The molecule has 0 heterocycles. The molecule has 0 aromatic heterocycles. The zero-order chi connectivity index (χ0) is 9.15. The molecule has 0 radical (unpaired) electrons. The monoisotopic (exact) mass is 166 g/mol. The van der Waals surface area contributed by atoms with Crippen LogP contribution in [0.5, 0.6) is 0 Å². The number of fused-ring (bicyclic) bond motifs is 2. The van der Waals surface area contributed by atoms with E-state index in [0.29, 0.717) is 5.92 Å². The largest absolute Gasteiger partial charge is 0.290 e. The molecule has 3 unspecified atom stereocenters. The van der Waals surface area contributed by atoms with Gasteiger partial charge in [-0.3, -0.25) is 9.59 Å². The van der Waals surface area contributed by atoms with E-state index in [1.807, 2.05) is 13.8 Å². The van der Waals surface area contributed by atoms with E-state index in [9.17, 15) is 9.59 Å². The molecular weight excluding hydrogens is 152 g/mol. The Labute approximate surface area is 72.3 Å². The van der Waals surface area contributed by atoms with Gasteiger partial charge in [0, 0.05) is 10.8 Å². The van der Waals surface area contributed by atoms with E-state index in [4.69, 9.17) is 0 Å². The lowest BCUT2D eigenvalue weighted by Crippen LogP contribution is -2.37. The number of ketones is 2. The molecule has 66 valence electrons. The first-order valence-corrected chi connectivity index (χ1v) is 4.49. The van der Waals surface area contributed by atoms with Crippen LogP contribution in [0.15, 0.2) is 0 Å². The zero-order valence-corrected chi connectivity index (χ0v) is 7.81. The molecule has 2 bridgehead atoms. The fraction of sp³-hybridized carbons (Fsp3) is 0.800. The van der Waals surface area contributed by atoms with Crippen LogP contribution in [-0.4, -0.2) is 11.6 Å². The van der Waals surface area contributed by atoms with Gasteiger partial charge in [0.25, 0.3) is 0 Å². The van der Waals surface area contributed by atoms with Gasteiger partial charge in [0.2, 0.25) is 11.6 Å². The molecule has 2 aliphatic carbocycles. The molecular formula is C10H14O2. The number of carbonyl (C=O) groups is 2. The number of carbonyl (C=O) groups excluding carboxylic acids is 2. The summed E-state index contributed by atoms with van der Waals surface area (Å²) in [6, 6.07) is 0. The van der Waals surface area contributed by atoms with Gasteiger partial charge >= 0.3 is 0 Å². The van der Waals surface area contributed by atoms with Crippen LogP contribution in [0, 0.1) is 16.7 Å². The van der Waals surface area contributed by atoms with Gasteiger partial charge in [0.15, 0.2) is 0 Å². The van der Waals surface area contributed by atoms with Gasteiger partial charge < -0.3 is 0 Å². The van der Waals surface area contributed by atoms with E-state index < -0.39 is 0 Å². The van der Waals surface area contributed by atoms with Crippen molar-refractivity contribution in [1.29, 1.82) is 0 Å². The zero-order valence-electron chi connectivity index (χ0n) is 7.81. The van der Waals surface area contributed by atoms with Gasteiger partial charge in [-0.2, -0.15) is 0 Å². The van der Waals surface area contributed by atoms with Crippen LogP contribution in [-0.2, 0) is 9.59 Å². The quantitative estimate of drug-likeness (QED) is 0.512. The highest BCUT2D eigenvalue weighted by molar-refractivity contribution is 6.43. The van der Waals surface area contributed by atoms with Crippen LogP contribution in [0.1, 0.15) is 33.6 Å². The van der Waals surface area contributed by atoms with Crippen LogP contribution in [0.3, 0.4) is 0 Å². The minimum absolute atomic E-state index is 0.122. The predicted octanol–water partition coefficient (Wildman–Crippen LogP) is 1.58. The molecule has 0 spiro atoms. The summed E-state index contributed by atoms with van der Waals surface area (Å²) in [5.74, 6) is 0.138. The Balaban J connectivity index is 2.52.